The zero-order chi connectivity index (χ0) is 13.5. The summed E-state index contributed by atoms with van der Waals surface area (Å²) < 4.78 is 5.63. The fourth-order valence-electron chi connectivity index (χ4n) is 1.54. The van der Waals surface area contributed by atoms with Gasteiger partial charge in [0, 0.05) is 6.20 Å². The van der Waals surface area contributed by atoms with Crippen LogP contribution in [0.5, 0.6) is 5.75 Å². The monoisotopic (exact) mass is 255 g/mol. The summed E-state index contributed by atoms with van der Waals surface area (Å²) in [6.07, 6.45) is 3.62. The Labute approximate surface area is 113 Å². The molecule has 98 valence electrons. The molecule has 0 unspecified atom stereocenters. The van der Waals surface area contributed by atoms with E-state index in [9.17, 15) is 0 Å². The fourth-order valence-corrected chi connectivity index (χ4v) is 1.54. The van der Waals surface area contributed by atoms with Crippen molar-refractivity contribution in [2.45, 2.75) is 20.0 Å². The molecule has 4 heteroatoms. The van der Waals surface area contributed by atoms with Crippen molar-refractivity contribution in [3.05, 3.63) is 54.2 Å². The third kappa shape index (κ3) is 4.43. The number of benzene rings is 1. The number of ether oxygens (including phenoxy) is 1. The molecular formula is C15H17N3O. The number of nitrogens with one attached hydrogen (secondary N) is 1. The minimum Gasteiger partial charge on any atom is -0.491 e. The normalized spacial score (nSPS) is 10.9. The van der Waals surface area contributed by atoms with Crippen molar-refractivity contribution in [1.82, 2.24) is 4.98 Å². The molecule has 0 spiro atoms. The van der Waals surface area contributed by atoms with Gasteiger partial charge in [0.1, 0.15) is 11.6 Å². The number of hydrazone groups is 1. The second-order valence-electron chi connectivity index (χ2n) is 4.32. The van der Waals surface area contributed by atoms with E-state index in [1.54, 1.807) is 12.4 Å². The lowest BCUT2D eigenvalue weighted by atomic mass is 10.2. The molecule has 0 aliphatic rings. The molecule has 0 aliphatic carbocycles. The third-order valence-corrected chi connectivity index (χ3v) is 2.29. The van der Waals surface area contributed by atoms with Crippen LogP contribution in [-0.4, -0.2) is 17.3 Å². The zero-order valence-corrected chi connectivity index (χ0v) is 11.1. The van der Waals surface area contributed by atoms with Crippen molar-refractivity contribution in [2.24, 2.45) is 5.10 Å². The van der Waals surface area contributed by atoms with Crippen LogP contribution < -0.4 is 10.2 Å². The molecule has 1 N–H and O–H groups in total. The summed E-state index contributed by atoms with van der Waals surface area (Å²) in [5.41, 5.74) is 3.84. The summed E-state index contributed by atoms with van der Waals surface area (Å²) in [4.78, 5) is 4.12. The minimum atomic E-state index is 0.166. The lowest BCUT2D eigenvalue weighted by Gasteiger charge is -2.09. The number of anilines is 1. The first-order valence-electron chi connectivity index (χ1n) is 6.21. The molecular weight excluding hydrogens is 238 g/mol. The Kier molecular flexibility index (Phi) is 4.50. The first-order valence-corrected chi connectivity index (χ1v) is 6.21. The van der Waals surface area contributed by atoms with E-state index >= 15 is 0 Å². The number of hydrogen-bond donors (Lipinski definition) is 1. The molecule has 2 rings (SSSR count). The molecule has 0 fully saturated rings. The summed E-state index contributed by atoms with van der Waals surface area (Å²) >= 11 is 0. The van der Waals surface area contributed by atoms with E-state index in [0.717, 1.165) is 11.3 Å². The number of hydrogen-bond acceptors (Lipinski definition) is 4. The molecule has 4 nitrogen and oxygen atoms in total. The van der Waals surface area contributed by atoms with Crippen molar-refractivity contribution >= 4 is 12.0 Å². The molecule has 0 saturated carbocycles. The second-order valence-corrected chi connectivity index (χ2v) is 4.32. The smallest absolute Gasteiger partial charge is 0.146 e. The molecule has 2 aromatic rings. The van der Waals surface area contributed by atoms with Crippen molar-refractivity contribution < 1.29 is 4.74 Å². The van der Waals surface area contributed by atoms with Crippen LogP contribution in [0.1, 0.15) is 19.4 Å². The molecule has 0 bridgehead atoms. The predicted octanol–water partition coefficient (Wildman–Crippen LogP) is 3.31. The first-order chi connectivity index (χ1) is 9.24. The molecule has 0 amide bonds. The van der Waals surface area contributed by atoms with Gasteiger partial charge >= 0.3 is 0 Å². The van der Waals surface area contributed by atoms with Crippen LogP contribution in [0.4, 0.5) is 5.82 Å². The van der Waals surface area contributed by atoms with Crippen LogP contribution in [-0.2, 0) is 0 Å². The summed E-state index contributed by atoms with van der Waals surface area (Å²) in [6.45, 7) is 4.01. The summed E-state index contributed by atoms with van der Waals surface area (Å²) in [5, 5.41) is 4.14. The van der Waals surface area contributed by atoms with Crippen LogP contribution in [0.15, 0.2) is 53.8 Å². The largest absolute Gasteiger partial charge is 0.491 e. The molecule has 1 aromatic heterocycles. The van der Waals surface area contributed by atoms with Gasteiger partial charge in [-0.15, -0.1) is 0 Å². The van der Waals surface area contributed by atoms with Gasteiger partial charge in [-0.05, 0) is 43.7 Å². The quantitative estimate of drug-likeness (QED) is 0.658. The number of rotatable bonds is 5. The summed E-state index contributed by atoms with van der Waals surface area (Å²) in [5.74, 6) is 1.56. The van der Waals surface area contributed by atoms with Crippen LogP contribution >= 0.6 is 0 Å². The van der Waals surface area contributed by atoms with E-state index in [0.29, 0.717) is 5.82 Å². The summed E-state index contributed by atoms with van der Waals surface area (Å²) in [6, 6.07) is 13.4. The van der Waals surface area contributed by atoms with E-state index in [-0.39, 0.29) is 6.10 Å². The Bertz CT molecular complexity index is 538. The Morgan fingerprint density at radius 3 is 2.84 bits per heavy atom. The molecule has 0 aliphatic heterocycles. The Balaban J connectivity index is 1.99. The first kappa shape index (κ1) is 13.1. The van der Waals surface area contributed by atoms with E-state index in [4.69, 9.17) is 4.74 Å². The number of nitrogens with zero attached hydrogens (tertiary/aromatic N) is 2. The van der Waals surface area contributed by atoms with Gasteiger partial charge in [-0.3, -0.25) is 5.43 Å². The summed E-state index contributed by atoms with van der Waals surface area (Å²) in [7, 11) is 0. The maximum Gasteiger partial charge on any atom is 0.146 e. The fraction of sp³-hybridized carbons (Fsp3) is 0.200. The highest BCUT2D eigenvalue weighted by Crippen LogP contribution is 2.13. The average Bonchev–Trinajstić information content (AvgIpc) is 2.40. The highest BCUT2D eigenvalue weighted by Gasteiger charge is 1.97. The van der Waals surface area contributed by atoms with Gasteiger partial charge in [-0.2, -0.15) is 5.10 Å². The minimum absolute atomic E-state index is 0.166. The van der Waals surface area contributed by atoms with E-state index in [1.807, 2.05) is 56.3 Å². The molecule has 19 heavy (non-hydrogen) atoms. The van der Waals surface area contributed by atoms with Gasteiger partial charge in [0.05, 0.1) is 12.3 Å². The zero-order valence-electron chi connectivity index (χ0n) is 11.1. The number of aromatic nitrogens is 1. The number of pyridine rings is 1. The lowest BCUT2D eigenvalue weighted by molar-refractivity contribution is 0.242. The average molecular weight is 255 g/mol. The van der Waals surface area contributed by atoms with Crippen molar-refractivity contribution in [2.75, 3.05) is 5.43 Å². The Hall–Kier alpha value is -2.36. The lowest BCUT2D eigenvalue weighted by Crippen LogP contribution is -2.05. The molecule has 0 saturated heterocycles. The predicted molar refractivity (Wildman–Crippen MR) is 77.7 cm³/mol. The Morgan fingerprint density at radius 1 is 1.21 bits per heavy atom. The molecule has 0 radical (unpaired) electrons. The van der Waals surface area contributed by atoms with Gasteiger partial charge in [0.25, 0.3) is 0 Å². The maximum atomic E-state index is 5.63. The van der Waals surface area contributed by atoms with Crippen molar-refractivity contribution in [1.29, 1.82) is 0 Å². The van der Waals surface area contributed by atoms with E-state index in [2.05, 4.69) is 15.5 Å². The van der Waals surface area contributed by atoms with Crippen LogP contribution in [0.3, 0.4) is 0 Å². The standard InChI is InChI=1S/C15H17N3O/c1-12(2)19-14-7-5-6-13(10-14)11-17-18-15-8-3-4-9-16-15/h3-12H,1-2H3,(H,16,18). The van der Waals surface area contributed by atoms with E-state index < -0.39 is 0 Å². The topological polar surface area (TPSA) is 46.5 Å². The SMILES string of the molecule is CC(C)Oc1cccc(C=NNc2ccccn2)c1. The van der Waals surface area contributed by atoms with Crippen molar-refractivity contribution in [3.63, 3.8) is 0 Å². The van der Waals surface area contributed by atoms with Gasteiger partial charge in [0.2, 0.25) is 0 Å². The molecule has 1 heterocycles. The van der Waals surface area contributed by atoms with Crippen LogP contribution in [0.2, 0.25) is 0 Å². The maximum absolute atomic E-state index is 5.63. The highest BCUT2D eigenvalue weighted by molar-refractivity contribution is 5.80. The van der Waals surface area contributed by atoms with Gasteiger partial charge in [0.15, 0.2) is 0 Å². The van der Waals surface area contributed by atoms with Gasteiger partial charge in [-0.1, -0.05) is 18.2 Å². The van der Waals surface area contributed by atoms with E-state index in [1.165, 1.54) is 0 Å². The third-order valence-electron chi connectivity index (χ3n) is 2.29. The Morgan fingerprint density at radius 2 is 2.11 bits per heavy atom. The van der Waals surface area contributed by atoms with Crippen LogP contribution in [0, 0.1) is 0 Å². The second kappa shape index (κ2) is 6.54. The molecule has 0 atom stereocenters. The van der Waals surface area contributed by atoms with Crippen LogP contribution in [0.25, 0.3) is 0 Å². The van der Waals surface area contributed by atoms with Crippen molar-refractivity contribution in [3.8, 4) is 5.75 Å². The molecule has 1 aromatic carbocycles. The highest BCUT2D eigenvalue weighted by atomic mass is 16.5. The van der Waals surface area contributed by atoms with Gasteiger partial charge in [-0.25, -0.2) is 4.98 Å². The van der Waals surface area contributed by atoms with Gasteiger partial charge < -0.3 is 4.74 Å².